The second kappa shape index (κ2) is 5.67. The number of nitro groups is 1. The van der Waals surface area contributed by atoms with Gasteiger partial charge in [-0.1, -0.05) is 12.1 Å². The number of aryl methyl sites for hydroxylation is 1. The molecule has 1 N–H and O–H groups in total. The minimum absolute atomic E-state index is 0.0180. The van der Waals surface area contributed by atoms with E-state index < -0.39 is 0 Å². The molecule has 5 nitrogen and oxygen atoms in total. The summed E-state index contributed by atoms with van der Waals surface area (Å²) in [6.45, 7) is 4.55. The number of benzene rings is 1. The van der Waals surface area contributed by atoms with E-state index in [2.05, 4.69) is 5.32 Å². The van der Waals surface area contributed by atoms with E-state index in [4.69, 9.17) is 4.42 Å². The Hall–Kier alpha value is -2.14. The van der Waals surface area contributed by atoms with Gasteiger partial charge in [-0.15, -0.1) is 0 Å². The lowest BCUT2D eigenvalue weighted by Gasteiger charge is -2.13. The highest BCUT2D eigenvalue weighted by Gasteiger charge is 2.11. The van der Waals surface area contributed by atoms with E-state index in [1.165, 1.54) is 6.07 Å². The summed E-state index contributed by atoms with van der Waals surface area (Å²) in [6.07, 6.45) is 1.66. The molecule has 0 bridgehead atoms. The summed E-state index contributed by atoms with van der Waals surface area (Å²) in [5, 5.41) is 14.0. The van der Waals surface area contributed by atoms with Crippen molar-refractivity contribution in [3.05, 3.63) is 63.6 Å². The highest BCUT2D eigenvalue weighted by molar-refractivity contribution is 5.35. The van der Waals surface area contributed by atoms with E-state index in [1.54, 1.807) is 18.4 Å². The summed E-state index contributed by atoms with van der Waals surface area (Å²) in [7, 11) is 0. The number of furan rings is 1. The third-order valence-electron chi connectivity index (χ3n) is 3.12. The SMILES string of the molecule is Cc1ccoc1CNC(C)c1cccc([N+](=O)[O-])c1. The maximum Gasteiger partial charge on any atom is 0.269 e. The maximum absolute atomic E-state index is 10.7. The Morgan fingerprint density at radius 1 is 1.42 bits per heavy atom. The average molecular weight is 260 g/mol. The summed E-state index contributed by atoms with van der Waals surface area (Å²) in [5.74, 6) is 0.886. The molecule has 0 fully saturated rings. The lowest BCUT2D eigenvalue weighted by Crippen LogP contribution is -2.18. The van der Waals surface area contributed by atoms with Crippen LogP contribution in [0.4, 0.5) is 5.69 Å². The zero-order valence-corrected chi connectivity index (χ0v) is 10.9. The van der Waals surface area contributed by atoms with Gasteiger partial charge in [-0.3, -0.25) is 10.1 Å². The van der Waals surface area contributed by atoms with Crippen molar-refractivity contribution in [1.29, 1.82) is 0 Å². The Bertz CT molecular complexity index is 578. The van der Waals surface area contributed by atoms with Gasteiger partial charge in [-0.05, 0) is 31.0 Å². The van der Waals surface area contributed by atoms with E-state index in [0.717, 1.165) is 16.9 Å². The highest BCUT2D eigenvalue weighted by atomic mass is 16.6. The molecule has 2 aromatic rings. The first-order chi connectivity index (χ1) is 9.08. The second-order valence-corrected chi connectivity index (χ2v) is 4.48. The van der Waals surface area contributed by atoms with Gasteiger partial charge in [0.1, 0.15) is 5.76 Å². The maximum atomic E-state index is 10.7. The molecule has 0 radical (unpaired) electrons. The van der Waals surface area contributed by atoms with E-state index in [-0.39, 0.29) is 16.7 Å². The first kappa shape index (κ1) is 13.3. The Morgan fingerprint density at radius 2 is 2.21 bits per heavy atom. The van der Waals surface area contributed by atoms with Crippen LogP contribution in [0.25, 0.3) is 0 Å². The molecule has 2 rings (SSSR count). The number of hydrogen-bond donors (Lipinski definition) is 1. The molecule has 0 saturated carbocycles. The quantitative estimate of drug-likeness (QED) is 0.661. The van der Waals surface area contributed by atoms with E-state index in [9.17, 15) is 10.1 Å². The number of rotatable bonds is 5. The fraction of sp³-hybridized carbons (Fsp3) is 0.286. The van der Waals surface area contributed by atoms with E-state index in [0.29, 0.717) is 6.54 Å². The molecule has 0 aliphatic heterocycles. The summed E-state index contributed by atoms with van der Waals surface area (Å²) in [6, 6.07) is 8.59. The first-order valence-corrected chi connectivity index (χ1v) is 6.08. The summed E-state index contributed by atoms with van der Waals surface area (Å²) in [5.41, 5.74) is 2.09. The molecule has 0 aliphatic rings. The Balaban J connectivity index is 2.03. The second-order valence-electron chi connectivity index (χ2n) is 4.48. The minimum atomic E-state index is -0.382. The molecule has 19 heavy (non-hydrogen) atoms. The first-order valence-electron chi connectivity index (χ1n) is 6.08. The zero-order chi connectivity index (χ0) is 13.8. The van der Waals surface area contributed by atoms with Gasteiger partial charge in [-0.25, -0.2) is 0 Å². The standard InChI is InChI=1S/C14H16N2O3/c1-10-6-7-19-14(10)9-15-11(2)12-4-3-5-13(8-12)16(17)18/h3-8,11,15H,9H2,1-2H3. The monoisotopic (exact) mass is 260 g/mol. The lowest BCUT2D eigenvalue weighted by atomic mass is 10.1. The third kappa shape index (κ3) is 3.20. The Labute approximate surface area is 111 Å². The van der Waals surface area contributed by atoms with Crippen molar-refractivity contribution in [3.8, 4) is 0 Å². The van der Waals surface area contributed by atoms with Crippen LogP contribution in [0.5, 0.6) is 0 Å². The predicted octanol–water partition coefficient (Wildman–Crippen LogP) is 3.35. The van der Waals surface area contributed by atoms with Crippen molar-refractivity contribution < 1.29 is 9.34 Å². The number of nitrogens with one attached hydrogen (secondary N) is 1. The number of nitrogens with zero attached hydrogens (tertiary/aromatic N) is 1. The molecule has 1 unspecified atom stereocenters. The number of hydrogen-bond acceptors (Lipinski definition) is 4. The van der Waals surface area contributed by atoms with Crippen LogP contribution in [0.3, 0.4) is 0 Å². The Morgan fingerprint density at radius 3 is 2.84 bits per heavy atom. The van der Waals surface area contributed by atoms with Gasteiger partial charge in [0.25, 0.3) is 5.69 Å². The largest absolute Gasteiger partial charge is 0.468 e. The van der Waals surface area contributed by atoms with Crippen LogP contribution in [-0.4, -0.2) is 4.92 Å². The summed E-state index contributed by atoms with van der Waals surface area (Å²) >= 11 is 0. The van der Waals surface area contributed by atoms with Gasteiger partial charge >= 0.3 is 0 Å². The van der Waals surface area contributed by atoms with Crippen LogP contribution >= 0.6 is 0 Å². The third-order valence-corrected chi connectivity index (χ3v) is 3.12. The molecular weight excluding hydrogens is 244 g/mol. The van der Waals surface area contributed by atoms with Gasteiger partial charge in [-0.2, -0.15) is 0 Å². The molecule has 1 heterocycles. The van der Waals surface area contributed by atoms with Gasteiger partial charge in [0.2, 0.25) is 0 Å². The van der Waals surface area contributed by atoms with Crippen LogP contribution in [0.15, 0.2) is 41.0 Å². The number of nitro benzene ring substituents is 1. The minimum Gasteiger partial charge on any atom is -0.468 e. The Kier molecular flexibility index (Phi) is 3.97. The van der Waals surface area contributed by atoms with Crippen LogP contribution in [-0.2, 0) is 6.54 Å². The molecular formula is C14H16N2O3. The van der Waals surface area contributed by atoms with Gasteiger partial charge in [0.15, 0.2) is 0 Å². The molecule has 1 atom stereocenters. The van der Waals surface area contributed by atoms with Crippen molar-refractivity contribution in [2.75, 3.05) is 0 Å². The van der Waals surface area contributed by atoms with Crippen molar-refractivity contribution in [3.63, 3.8) is 0 Å². The normalized spacial score (nSPS) is 12.3. The lowest BCUT2D eigenvalue weighted by molar-refractivity contribution is -0.384. The molecule has 100 valence electrons. The summed E-state index contributed by atoms with van der Waals surface area (Å²) < 4.78 is 5.34. The molecule has 0 amide bonds. The van der Waals surface area contributed by atoms with Crippen LogP contribution in [0.2, 0.25) is 0 Å². The van der Waals surface area contributed by atoms with Crippen LogP contribution in [0.1, 0.15) is 29.9 Å². The molecule has 0 saturated heterocycles. The fourth-order valence-electron chi connectivity index (χ4n) is 1.86. The van der Waals surface area contributed by atoms with Crippen molar-refractivity contribution in [2.45, 2.75) is 26.4 Å². The van der Waals surface area contributed by atoms with E-state index in [1.807, 2.05) is 26.0 Å². The van der Waals surface area contributed by atoms with Gasteiger partial charge in [0.05, 0.1) is 17.7 Å². The number of non-ortho nitro benzene ring substituents is 1. The van der Waals surface area contributed by atoms with Crippen molar-refractivity contribution in [2.24, 2.45) is 0 Å². The predicted molar refractivity (Wildman–Crippen MR) is 71.8 cm³/mol. The van der Waals surface area contributed by atoms with E-state index >= 15 is 0 Å². The topological polar surface area (TPSA) is 68.3 Å². The van der Waals surface area contributed by atoms with Crippen molar-refractivity contribution >= 4 is 5.69 Å². The fourth-order valence-corrected chi connectivity index (χ4v) is 1.86. The molecule has 0 spiro atoms. The highest BCUT2D eigenvalue weighted by Crippen LogP contribution is 2.19. The molecule has 0 aliphatic carbocycles. The van der Waals surface area contributed by atoms with Gasteiger partial charge in [0, 0.05) is 18.2 Å². The van der Waals surface area contributed by atoms with Crippen LogP contribution in [0, 0.1) is 17.0 Å². The zero-order valence-electron chi connectivity index (χ0n) is 10.9. The molecule has 1 aromatic heterocycles. The smallest absolute Gasteiger partial charge is 0.269 e. The average Bonchev–Trinajstić information content (AvgIpc) is 2.81. The van der Waals surface area contributed by atoms with Gasteiger partial charge < -0.3 is 9.73 Å². The summed E-state index contributed by atoms with van der Waals surface area (Å²) in [4.78, 5) is 10.4. The van der Waals surface area contributed by atoms with Crippen molar-refractivity contribution in [1.82, 2.24) is 5.32 Å². The molecule has 5 heteroatoms. The van der Waals surface area contributed by atoms with Crippen LogP contribution < -0.4 is 5.32 Å². The molecule has 1 aromatic carbocycles.